The Morgan fingerprint density at radius 3 is 2.64 bits per heavy atom. The maximum Gasteiger partial charge on any atom is 0.341 e. The van der Waals surface area contributed by atoms with Crippen LogP contribution in [0.25, 0.3) is 5.69 Å². The van der Waals surface area contributed by atoms with Gasteiger partial charge in [-0.15, -0.1) is 0 Å². The minimum atomic E-state index is -0.476. The van der Waals surface area contributed by atoms with E-state index >= 15 is 0 Å². The molecule has 25 heavy (non-hydrogen) atoms. The van der Waals surface area contributed by atoms with Crippen LogP contribution < -0.4 is 5.73 Å². The van der Waals surface area contributed by atoms with Gasteiger partial charge in [-0.3, -0.25) is 0 Å². The van der Waals surface area contributed by atoms with Crippen LogP contribution in [0.3, 0.4) is 0 Å². The van der Waals surface area contributed by atoms with E-state index in [1.165, 1.54) is 0 Å². The van der Waals surface area contributed by atoms with Crippen molar-refractivity contribution in [1.29, 1.82) is 0 Å². The van der Waals surface area contributed by atoms with Gasteiger partial charge in [0.2, 0.25) is 5.88 Å². The highest BCUT2D eigenvalue weighted by atomic mass is 16.5. The van der Waals surface area contributed by atoms with Gasteiger partial charge in [0, 0.05) is 24.6 Å². The molecular formula is C19H21N3O3. The molecule has 6 heteroatoms. The molecule has 2 aromatic heterocycles. The minimum Gasteiger partial charge on any atom is -0.493 e. The molecule has 0 aliphatic carbocycles. The predicted octanol–water partition coefficient (Wildman–Crippen LogP) is 2.67. The zero-order valence-corrected chi connectivity index (χ0v) is 14.1. The average Bonchev–Trinajstić information content (AvgIpc) is 3.20. The molecular weight excluding hydrogens is 318 g/mol. The van der Waals surface area contributed by atoms with Crippen molar-refractivity contribution in [2.75, 3.05) is 6.61 Å². The number of carbonyl (C=O) groups excluding carboxylic acids is 1. The highest BCUT2D eigenvalue weighted by Gasteiger charge is 2.24. The molecule has 0 spiro atoms. The van der Waals surface area contributed by atoms with Crippen molar-refractivity contribution in [1.82, 2.24) is 9.13 Å². The Morgan fingerprint density at radius 1 is 1.20 bits per heavy atom. The van der Waals surface area contributed by atoms with Crippen molar-refractivity contribution in [3.05, 3.63) is 71.7 Å². The summed E-state index contributed by atoms with van der Waals surface area (Å²) in [7, 11) is 0. The van der Waals surface area contributed by atoms with E-state index < -0.39 is 5.97 Å². The Balaban J connectivity index is 2.10. The summed E-state index contributed by atoms with van der Waals surface area (Å²) in [5.41, 5.74) is 8.27. The number of aromatic nitrogens is 2. The summed E-state index contributed by atoms with van der Waals surface area (Å²) in [6, 6.07) is 13.4. The molecule has 0 fully saturated rings. The van der Waals surface area contributed by atoms with Gasteiger partial charge in [-0.25, -0.2) is 4.79 Å². The topological polar surface area (TPSA) is 82.4 Å². The molecule has 0 unspecified atom stereocenters. The number of esters is 1. The molecule has 3 rings (SSSR count). The lowest BCUT2D eigenvalue weighted by atomic mass is 10.2. The highest BCUT2D eigenvalue weighted by Crippen LogP contribution is 2.31. The van der Waals surface area contributed by atoms with E-state index in [1.54, 1.807) is 28.5 Å². The van der Waals surface area contributed by atoms with Crippen molar-refractivity contribution >= 4 is 5.97 Å². The number of hydrogen-bond donors (Lipinski definition) is 2. The summed E-state index contributed by atoms with van der Waals surface area (Å²) < 4.78 is 8.51. The number of aromatic hydroxyl groups is 1. The van der Waals surface area contributed by atoms with Crippen LogP contribution in [-0.4, -0.2) is 26.8 Å². The van der Waals surface area contributed by atoms with Crippen molar-refractivity contribution in [2.24, 2.45) is 5.73 Å². The lowest BCUT2D eigenvalue weighted by Crippen LogP contribution is -2.10. The molecule has 3 N–H and O–H groups in total. The van der Waals surface area contributed by atoms with Crippen LogP contribution in [0.5, 0.6) is 5.88 Å². The Labute approximate surface area is 146 Å². The number of ether oxygens (including phenoxy) is 1. The van der Waals surface area contributed by atoms with Gasteiger partial charge in [0.1, 0.15) is 11.3 Å². The first-order chi connectivity index (χ1) is 12.2. The Bertz CT molecular complexity index is 865. The molecule has 0 aliphatic rings. The zero-order chi connectivity index (χ0) is 17.8. The molecule has 1 aromatic carbocycles. The summed E-state index contributed by atoms with van der Waals surface area (Å²) in [6.45, 7) is 2.74. The lowest BCUT2D eigenvalue weighted by Gasteiger charge is -2.10. The van der Waals surface area contributed by atoms with E-state index in [9.17, 15) is 9.90 Å². The third kappa shape index (κ3) is 3.29. The Morgan fingerprint density at radius 2 is 1.96 bits per heavy atom. The monoisotopic (exact) mass is 339 g/mol. The molecule has 0 aliphatic heterocycles. The zero-order valence-electron chi connectivity index (χ0n) is 14.1. The van der Waals surface area contributed by atoms with E-state index in [-0.39, 0.29) is 12.5 Å². The molecule has 6 nitrogen and oxygen atoms in total. The first kappa shape index (κ1) is 16.9. The van der Waals surface area contributed by atoms with Crippen molar-refractivity contribution in [2.45, 2.75) is 20.0 Å². The fourth-order valence-electron chi connectivity index (χ4n) is 2.83. The van der Waals surface area contributed by atoms with Crippen LogP contribution in [0.15, 0.2) is 54.9 Å². The van der Waals surface area contributed by atoms with E-state index in [1.807, 2.05) is 42.5 Å². The summed E-state index contributed by atoms with van der Waals surface area (Å²) in [5.74, 6) is -0.478. The number of benzene rings is 1. The van der Waals surface area contributed by atoms with E-state index in [4.69, 9.17) is 10.5 Å². The first-order valence-electron chi connectivity index (χ1n) is 8.15. The number of rotatable bonds is 6. The van der Waals surface area contributed by atoms with E-state index in [0.29, 0.717) is 24.3 Å². The molecule has 130 valence electrons. The van der Waals surface area contributed by atoms with Gasteiger partial charge in [-0.1, -0.05) is 30.3 Å². The van der Waals surface area contributed by atoms with Crippen LogP contribution in [0.4, 0.5) is 0 Å². The normalized spacial score (nSPS) is 10.8. The van der Waals surface area contributed by atoms with Crippen molar-refractivity contribution in [3.63, 3.8) is 0 Å². The van der Waals surface area contributed by atoms with Crippen molar-refractivity contribution < 1.29 is 14.6 Å². The number of nitrogens with zero attached hydrogens (tertiary/aromatic N) is 2. The van der Waals surface area contributed by atoms with E-state index in [2.05, 4.69) is 0 Å². The van der Waals surface area contributed by atoms with Gasteiger partial charge >= 0.3 is 5.97 Å². The Hall–Kier alpha value is -2.99. The molecule has 0 atom stereocenters. The van der Waals surface area contributed by atoms with Crippen LogP contribution in [0.2, 0.25) is 0 Å². The van der Waals surface area contributed by atoms with Gasteiger partial charge in [-0.05, 0) is 24.6 Å². The second-order valence-electron chi connectivity index (χ2n) is 5.62. The maximum absolute atomic E-state index is 12.4. The predicted molar refractivity (Wildman–Crippen MR) is 94.8 cm³/mol. The average molecular weight is 339 g/mol. The summed E-state index contributed by atoms with van der Waals surface area (Å²) in [6.07, 6.45) is 3.39. The summed E-state index contributed by atoms with van der Waals surface area (Å²) in [4.78, 5) is 12.4. The van der Waals surface area contributed by atoms with Crippen LogP contribution in [-0.2, 0) is 17.8 Å². The third-order valence-electron chi connectivity index (χ3n) is 4.00. The molecule has 0 amide bonds. The van der Waals surface area contributed by atoms with E-state index in [0.717, 1.165) is 11.3 Å². The molecule has 0 radical (unpaired) electrons. The standard InChI is InChI=1S/C19H21N3O3/c1-2-25-19(24)16-13-21(12-14-7-4-3-5-8-14)18(23)17(16)22-10-6-9-15(22)11-20/h3-10,13,23H,2,11-12,20H2,1H3. The van der Waals surface area contributed by atoms with Gasteiger partial charge in [0.15, 0.2) is 0 Å². The van der Waals surface area contributed by atoms with Gasteiger partial charge < -0.3 is 24.7 Å². The smallest absolute Gasteiger partial charge is 0.341 e. The largest absolute Gasteiger partial charge is 0.493 e. The first-order valence-corrected chi connectivity index (χ1v) is 8.15. The van der Waals surface area contributed by atoms with Crippen LogP contribution >= 0.6 is 0 Å². The molecule has 0 saturated carbocycles. The number of nitrogens with two attached hydrogens (primary N) is 1. The molecule has 0 bridgehead atoms. The number of hydrogen-bond acceptors (Lipinski definition) is 4. The second-order valence-corrected chi connectivity index (χ2v) is 5.62. The minimum absolute atomic E-state index is 0.00203. The fraction of sp³-hybridized carbons (Fsp3) is 0.211. The fourth-order valence-corrected chi connectivity index (χ4v) is 2.83. The van der Waals surface area contributed by atoms with Gasteiger partial charge in [0.25, 0.3) is 0 Å². The van der Waals surface area contributed by atoms with Crippen molar-refractivity contribution in [3.8, 4) is 11.6 Å². The second kappa shape index (κ2) is 7.27. The SMILES string of the molecule is CCOC(=O)c1cn(Cc2ccccc2)c(O)c1-n1cccc1CN. The number of carbonyl (C=O) groups is 1. The molecule has 3 aromatic rings. The third-order valence-corrected chi connectivity index (χ3v) is 4.00. The molecule has 0 saturated heterocycles. The summed E-state index contributed by atoms with van der Waals surface area (Å²) in [5, 5.41) is 10.8. The highest BCUT2D eigenvalue weighted by molar-refractivity contribution is 5.94. The Kier molecular flexibility index (Phi) is 4.90. The maximum atomic E-state index is 12.4. The summed E-state index contributed by atoms with van der Waals surface area (Å²) >= 11 is 0. The van der Waals surface area contributed by atoms with Gasteiger partial charge in [-0.2, -0.15) is 0 Å². The lowest BCUT2D eigenvalue weighted by molar-refractivity contribution is 0.0526. The van der Waals surface area contributed by atoms with Crippen LogP contribution in [0.1, 0.15) is 28.5 Å². The van der Waals surface area contributed by atoms with Crippen LogP contribution in [0, 0.1) is 0 Å². The quantitative estimate of drug-likeness (QED) is 0.677. The molecule has 2 heterocycles. The van der Waals surface area contributed by atoms with Gasteiger partial charge in [0.05, 0.1) is 13.2 Å².